The minimum Gasteiger partial charge on any atom is -0.465 e. The quantitative estimate of drug-likeness (QED) is 0.766. The first-order valence-corrected chi connectivity index (χ1v) is 7.55. The summed E-state index contributed by atoms with van der Waals surface area (Å²) in [5.74, 6) is -0.0491. The van der Waals surface area contributed by atoms with Gasteiger partial charge in [0.15, 0.2) is 0 Å². The third kappa shape index (κ3) is 2.23. The number of anilines is 1. The first-order chi connectivity index (χ1) is 10.6. The summed E-state index contributed by atoms with van der Waals surface area (Å²) in [7, 11) is 0. The zero-order valence-electron chi connectivity index (χ0n) is 12.9. The van der Waals surface area contributed by atoms with Gasteiger partial charge in [-0.25, -0.2) is 0 Å². The molecule has 0 N–H and O–H groups in total. The van der Waals surface area contributed by atoms with Gasteiger partial charge in [0, 0.05) is 19.6 Å². The van der Waals surface area contributed by atoms with Crippen molar-refractivity contribution in [1.29, 1.82) is 0 Å². The molecule has 1 aromatic rings. The molecule has 1 saturated heterocycles. The van der Waals surface area contributed by atoms with Crippen LogP contribution in [0, 0.1) is 0 Å². The van der Waals surface area contributed by atoms with Crippen LogP contribution in [0.1, 0.15) is 13.8 Å². The topological polar surface area (TPSA) is 59.1 Å². The summed E-state index contributed by atoms with van der Waals surface area (Å²) in [6.07, 6.45) is 0. The maximum Gasteiger partial charge on any atom is 0.280 e. The maximum atomic E-state index is 12.9. The van der Waals surface area contributed by atoms with E-state index in [1.54, 1.807) is 22.8 Å². The molecule has 0 aliphatic carbocycles. The number of rotatable bonds is 2. The Hall–Kier alpha value is -2.08. The molecule has 1 fully saturated rings. The smallest absolute Gasteiger partial charge is 0.280 e. The van der Waals surface area contributed by atoms with Gasteiger partial charge in [-0.15, -0.1) is 0 Å². The fourth-order valence-electron chi connectivity index (χ4n) is 2.91. The maximum absolute atomic E-state index is 12.9. The number of nitrogens with zero attached hydrogens (tertiary/aromatic N) is 2. The molecule has 2 heterocycles. The lowest BCUT2D eigenvalue weighted by Crippen LogP contribution is -2.64. The molecular formula is C16H20N2O4. The Labute approximate surface area is 129 Å². The van der Waals surface area contributed by atoms with Crippen molar-refractivity contribution in [2.45, 2.75) is 19.4 Å². The van der Waals surface area contributed by atoms with Crippen molar-refractivity contribution in [1.82, 2.24) is 4.90 Å². The van der Waals surface area contributed by atoms with E-state index in [1.807, 2.05) is 25.1 Å². The molecule has 0 spiro atoms. The number of hydrogen-bond donors (Lipinski definition) is 0. The van der Waals surface area contributed by atoms with Gasteiger partial charge in [-0.05, 0) is 26.0 Å². The molecule has 0 bridgehead atoms. The number of ether oxygens (including phenoxy) is 2. The van der Waals surface area contributed by atoms with Gasteiger partial charge in [-0.3, -0.25) is 9.59 Å². The highest BCUT2D eigenvalue weighted by Gasteiger charge is 2.52. The predicted molar refractivity (Wildman–Crippen MR) is 80.9 cm³/mol. The van der Waals surface area contributed by atoms with Crippen molar-refractivity contribution in [3.8, 4) is 5.75 Å². The second-order valence-electron chi connectivity index (χ2n) is 5.56. The summed E-state index contributed by atoms with van der Waals surface area (Å²) >= 11 is 0. The van der Waals surface area contributed by atoms with Crippen LogP contribution < -0.4 is 9.64 Å². The molecule has 1 unspecified atom stereocenters. The second kappa shape index (κ2) is 5.61. The van der Waals surface area contributed by atoms with Crippen LogP contribution >= 0.6 is 0 Å². The lowest BCUT2D eigenvalue weighted by Gasteiger charge is -2.42. The summed E-state index contributed by atoms with van der Waals surface area (Å²) in [6, 6.07) is 7.30. The van der Waals surface area contributed by atoms with Gasteiger partial charge in [-0.2, -0.15) is 0 Å². The molecule has 2 aliphatic heterocycles. The van der Waals surface area contributed by atoms with Gasteiger partial charge >= 0.3 is 0 Å². The lowest BCUT2D eigenvalue weighted by molar-refractivity contribution is -0.158. The number of carbonyl (C=O) groups is 2. The molecule has 0 radical (unpaired) electrons. The van der Waals surface area contributed by atoms with Crippen LogP contribution in [0.2, 0.25) is 0 Å². The predicted octanol–water partition coefficient (Wildman–Crippen LogP) is 1.05. The lowest BCUT2D eigenvalue weighted by atomic mass is 9.99. The number of fused-ring (bicyclic) bond motifs is 1. The van der Waals surface area contributed by atoms with E-state index in [-0.39, 0.29) is 11.8 Å². The molecule has 1 atom stereocenters. The summed E-state index contributed by atoms with van der Waals surface area (Å²) in [6.45, 7) is 5.89. The van der Waals surface area contributed by atoms with Crippen LogP contribution in [0.3, 0.4) is 0 Å². The van der Waals surface area contributed by atoms with Crippen LogP contribution in [0.5, 0.6) is 5.75 Å². The Bertz CT molecular complexity index is 598. The van der Waals surface area contributed by atoms with E-state index >= 15 is 0 Å². The van der Waals surface area contributed by atoms with Crippen LogP contribution in [-0.2, 0) is 14.3 Å². The van der Waals surface area contributed by atoms with E-state index in [4.69, 9.17) is 9.47 Å². The molecule has 2 amide bonds. The number of amides is 2. The monoisotopic (exact) mass is 304 g/mol. The molecule has 6 nitrogen and oxygen atoms in total. The van der Waals surface area contributed by atoms with E-state index in [0.717, 1.165) is 0 Å². The van der Waals surface area contributed by atoms with Gasteiger partial charge in [0.2, 0.25) is 0 Å². The normalized spacial score (nSPS) is 24.7. The van der Waals surface area contributed by atoms with Crippen molar-refractivity contribution in [3.05, 3.63) is 24.3 Å². The van der Waals surface area contributed by atoms with E-state index < -0.39 is 5.60 Å². The Balaban J connectivity index is 1.96. The summed E-state index contributed by atoms with van der Waals surface area (Å²) in [5, 5.41) is 0. The molecule has 1 aromatic carbocycles. The average molecular weight is 304 g/mol. The number of hydrogen-bond acceptors (Lipinski definition) is 4. The van der Waals surface area contributed by atoms with Gasteiger partial charge in [-0.1, -0.05) is 12.1 Å². The van der Waals surface area contributed by atoms with Crippen molar-refractivity contribution in [2.75, 3.05) is 37.7 Å². The zero-order chi connectivity index (χ0) is 15.7. The summed E-state index contributed by atoms with van der Waals surface area (Å²) < 4.78 is 11.1. The zero-order valence-corrected chi connectivity index (χ0v) is 12.9. The van der Waals surface area contributed by atoms with E-state index in [0.29, 0.717) is 44.3 Å². The Morgan fingerprint density at radius 1 is 1.27 bits per heavy atom. The van der Waals surface area contributed by atoms with E-state index in [9.17, 15) is 9.59 Å². The Morgan fingerprint density at radius 2 is 1.95 bits per heavy atom. The molecular weight excluding hydrogens is 284 g/mol. The Kier molecular flexibility index (Phi) is 3.78. The summed E-state index contributed by atoms with van der Waals surface area (Å²) in [5.41, 5.74) is -0.802. The highest BCUT2D eigenvalue weighted by molar-refractivity contribution is 6.16. The molecule has 0 aromatic heterocycles. The minimum absolute atomic E-state index is 0.297. The molecule has 22 heavy (non-hydrogen) atoms. The second-order valence-corrected chi connectivity index (χ2v) is 5.56. The largest absolute Gasteiger partial charge is 0.465 e. The van der Waals surface area contributed by atoms with E-state index in [2.05, 4.69) is 0 Å². The minimum atomic E-state index is -1.51. The number of para-hydroxylation sites is 2. The summed E-state index contributed by atoms with van der Waals surface area (Å²) in [4.78, 5) is 29.0. The molecule has 0 saturated carbocycles. The molecule has 6 heteroatoms. The fraction of sp³-hybridized carbons (Fsp3) is 0.500. The number of benzene rings is 1. The highest BCUT2D eigenvalue weighted by atomic mass is 16.5. The molecule has 3 rings (SSSR count). The van der Waals surface area contributed by atoms with Gasteiger partial charge < -0.3 is 19.3 Å². The van der Waals surface area contributed by atoms with E-state index in [1.165, 1.54) is 0 Å². The van der Waals surface area contributed by atoms with Gasteiger partial charge in [0.05, 0.1) is 18.9 Å². The molecule has 2 aliphatic rings. The number of morpholine rings is 1. The molecule has 118 valence electrons. The first-order valence-electron chi connectivity index (χ1n) is 7.55. The van der Waals surface area contributed by atoms with Crippen LogP contribution in [0.25, 0.3) is 0 Å². The van der Waals surface area contributed by atoms with Gasteiger partial charge in [0.1, 0.15) is 5.75 Å². The van der Waals surface area contributed by atoms with Crippen molar-refractivity contribution in [2.24, 2.45) is 0 Å². The SMILES string of the molecule is CCN1C(=O)C(C)(C(=O)N2CCOCC2)Oc2ccccc21. The van der Waals surface area contributed by atoms with Crippen molar-refractivity contribution in [3.63, 3.8) is 0 Å². The van der Waals surface area contributed by atoms with Crippen LogP contribution in [0.4, 0.5) is 5.69 Å². The van der Waals surface area contributed by atoms with Crippen LogP contribution in [-0.4, -0.2) is 55.2 Å². The highest BCUT2D eigenvalue weighted by Crippen LogP contribution is 2.38. The average Bonchev–Trinajstić information content (AvgIpc) is 2.56. The first kappa shape index (κ1) is 14.8. The number of likely N-dealkylation sites (N-methyl/N-ethyl adjacent to an activating group) is 1. The third-order valence-corrected chi connectivity index (χ3v) is 4.15. The van der Waals surface area contributed by atoms with Gasteiger partial charge in [0.25, 0.3) is 17.4 Å². The standard InChI is InChI=1S/C16H20N2O4/c1-3-18-12-6-4-5-7-13(12)22-16(2,15(18)20)14(19)17-8-10-21-11-9-17/h4-7H,3,8-11H2,1-2H3. The van der Waals surface area contributed by atoms with Crippen molar-refractivity contribution >= 4 is 17.5 Å². The van der Waals surface area contributed by atoms with Crippen molar-refractivity contribution < 1.29 is 19.1 Å². The van der Waals surface area contributed by atoms with Crippen LogP contribution in [0.15, 0.2) is 24.3 Å². The third-order valence-electron chi connectivity index (χ3n) is 4.15. The number of carbonyl (C=O) groups excluding carboxylic acids is 2. The Morgan fingerprint density at radius 3 is 2.64 bits per heavy atom. The fourth-order valence-corrected chi connectivity index (χ4v) is 2.91.